The number of furan rings is 1. The molecule has 0 aliphatic heterocycles. The first-order chi connectivity index (χ1) is 21.8. The zero-order valence-electron chi connectivity index (χ0n) is 23.7. The van der Waals surface area contributed by atoms with Crippen LogP contribution in [0, 0.1) is 0 Å². The minimum Gasteiger partial charge on any atom is -0.455 e. The highest BCUT2D eigenvalue weighted by Gasteiger charge is 2.24. The van der Waals surface area contributed by atoms with Crippen LogP contribution in [-0.2, 0) is 0 Å². The van der Waals surface area contributed by atoms with Gasteiger partial charge in [0.05, 0.1) is 11.0 Å². The molecular formula is C41H24N2O. The summed E-state index contributed by atoms with van der Waals surface area (Å²) in [5.74, 6) is 0.941. The van der Waals surface area contributed by atoms with Crippen molar-refractivity contribution in [1.82, 2.24) is 9.55 Å². The quantitative estimate of drug-likeness (QED) is 0.215. The minimum absolute atomic E-state index is 0.912. The van der Waals surface area contributed by atoms with E-state index in [2.05, 4.69) is 138 Å². The number of benzene rings is 7. The number of aromatic nitrogens is 2. The third-order valence-electron chi connectivity index (χ3n) is 9.15. The molecule has 0 bridgehead atoms. The maximum Gasteiger partial charge on any atom is 0.145 e. The van der Waals surface area contributed by atoms with Crippen molar-refractivity contribution in [3.05, 3.63) is 146 Å². The van der Waals surface area contributed by atoms with Crippen LogP contribution in [0.15, 0.2) is 150 Å². The summed E-state index contributed by atoms with van der Waals surface area (Å²) in [6.07, 6.45) is 0. The summed E-state index contributed by atoms with van der Waals surface area (Å²) in [6, 6.07) is 51.7. The van der Waals surface area contributed by atoms with Gasteiger partial charge in [-0.3, -0.25) is 4.57 Å². The lowest BCUT2D eigenvalue weighted by molar-refractivity contribution is 0.673. The van der Waals surface area contributed by atoms with E-state index in [1.165, 1.54) is 33.0 Å². The molecular weight excluding hydrogens is 536 g/mol. The van der Waals surface area contributed by atoms with Crippen molar-refractivity contribution in [2.75, 3.05) is 0 Å². The third kappa shape index (κ3) is 3.24. The molecule has 10 rings (SSSR count). The van der Waals surface area contributed by atoms with Crippen LogP contribution in [0.5, 0.6) is 0 Å². The van der Waals surface area contributed by atoms with Crippen molar-refractivity contribution in [1.29, 1.82) is 0 Å². The van der Waals surface area contributed by atoms with E-state index in [1.54, 1.807) is 0 Å². The van der Waals surface area contributed by atoms with Gasteiger partial charge in [-0.25, -0.2) is 4.98 Å². The van der Waals surface area contributed by atoms with Gasteiger partial charge in [0.2, 0.25) is 0 Å². The topological polar surface area (TPSA) is 31.0 Å². The number of para-hydroxylation sites is 2. The van der Waals surface area contributed by atoms with Crippen molar-refractivity contribution in [2.24, 2.45) is 0 Å². The van der Waals surface area contributed by atoms with E-state index >= 15 is 0 Å². The summed E-state index contributed by atoms with van der Waals surface area (Å²) in [5, 5.41) is 4.77. The van der Waals surface area contributed by atoms with Gasteiger partial charge in [-0.05, 0) is 75.8 Å². The molecule has 0 spiro atoms. The Labute approximate surface area is 253 Å². The van der Waals surface area contributed by atoms with Crippen molar-refractivity contribution in [2.45, 2.75) is 0 Å². The van der Waals surface area contributed by atoms with Gasteiger partial charge >= 0.3 is 0 Å². The number of hydrogen-bond donors (Lipinski definition) is 0. The summed E-state index contributed by atoms with van der Waals surface area (Å²) in [4.78, 5) is 5.00. The summed E-state index contributed by atoms with van der Waals surface area (Å²) in [6.45, 7) is 0. The fourth-order valence-electron chi connectivity index (χ4n) is 7.15. The fraction of sp³-hybridized carbons (Fsp3) is 0. The minimum atomic E-state index is 0.912. The van der Waals surface area contributed by atoms with E-state index in [0.717, 1.165) is 61.2 Å². The van der Waals surface area contributed by atoms with Crippen LogP contribution < -0.4 is 0 Å². The number of hydrogen-bond acceptors (Lipinski definition) is 2. The lowest BCUT2D eigenvalue weighted by Gasteiger charge is -2.11. The zero-order valence-corrected chi connectivity index (χ0v) is 23.7. The molecule has 44 heavy (non-hydrogen) atoms. The molecule has 2 aromatic heterocycles. The predicted octanol–water partition coefficient (Wildman–Crippen LogP) is 11.1. The Hall–Kier alpha value is -5.93. The van der Waals surface area contributed by atoms with E-state index < -0.39 is 0 Å². The standard InChI is InChI=1S/C41H24N2O/c1-2-9-26(10-3-1)41-42-36-15-6-7-16-37(36)43(41)28-20-17-25(18-21-28)27-19-22-38-33(23-27)35-24-34-30-12-5-4-11-29(30)31-13-8-14-32(39(31)34)40(35)44-38/h1-24H. The SMILES string of the molecule is c1ccc(-c2nc3ccccc3n2-c2ccc(-c3ccc4oc5c6cccc7c6c(cc5c4c3)-c3ccccc3-7)cc2)cc1. The first-order valence-electron chi connectivity index (χ1n) is 15.0. The number of nitrogens with zero attached hydrogens (tertiary/aromatic N) is 2. The monoisotopic (exact) mass is 560 g/mol. The normalized spacial score (nSPS) is 12.1. The van der Waals surface area contributed by atoms with Gasteiger partial charge in [-0.2, -0.15) is 0 Å². The second-order valence-corrected chi connectivity index (χ2v) is 11.6. The van der Waals surface area contributed by atoms with Crippen LogP contribution >= 0.6 is 0 Å². The van der Waals surface area contributed by atoms with E-state index in [9.17, 15) is 0 Å². The summed E-state index contributed by atoms with van der Waals surface area (Å²) in [7, 11) is 0. The summed E-state index contributed by atoms with van der Waals surface area (Å²) < 4.78 is 8.80. The van der Waals surface area contributed by atoms with Gasteiger partial charge < -0.3 is 4.42 Å². The van der Waals surface area contributed by atoms with Gasteiger partial charge in [0, 0.05) is 32.8 Å². The largest absolute Gasteiger partial charge is 0.455 e. The molecule has 0 fully saturated rings. The van der Waals surface area contributed by atoms with Gasteiger partial charge in [-0.15, -0.1) is 0 Å². The van der Waals surface area contributed by atoms with Gasteiger partial charge in [0.15, 0.2) is 0 Å². The average molecular weight is 561 g/mol. The average Bonchev–Trinajstić information content (AvgIpc) is 3.76. The Bertz CT molecular complexity index is 2590. The lowest BCUT2D eigenvalue weighted by atomic mass is 9.98. The Kier molecular flexibility index (Phi) is 4.72. The molecule has 0 unspecified atom stereocenters. The molecule has 0 N–H and O–H groups in total. The highest BCUT2D eigenvalue weighted by Crippen LogP contribution is 2.50. The molecule has 0 saturated carbocycles. The van der Waals surface area contributed by atoms with Gasteiger partial charge in [0.25, 0.3) is 0 Å². The van der Waals surface area contributed by atoms with E-state index in [-0.39, 0.29) is 0 Å². The van der Waals surface area contributed by atoms with E-state index in [1.807, 2.05) is 12.1 Å². The van der Waals surface area contributed by atoms with Crippen LogP contribution in [0.25, 0.3) is 94.2 Å². The summed E-state index contributed by atoms with van der Waals surface area (Å²) >= 11 is 0. The molecule has 0 atom stereocenters. The highest BCUT2D eigenvalue weighted by atomic mass is 16.3. The Morgan fingerprint density at radius 3 is 2.07 bits per heavy atom. The lowest BCUT2D eigenvalue weighted by Crippen LogP contribution is -1.97. The maximum absolute atomic E-state index is 6.55. The molecule has 1 aliphatic rings. The van der Waals surface area contributed by atoms with E-state index in [4.69, 9.17) is 9.40 Å². The maximum atomic E-state index is 6.55. The molecule has 1 aliphatic carbocycles. The van der Waals surface area contributed by atoms with Crippen LogP contribution in [-0.4, -0.2) is 9.55 Å². The second kappa shape index (κ2) is 8.79. The predicted molar refractivity (Wildman–Crippen MR) is 181 cm³/mol. The highest BCUT2D eigenvalue weighted by molar-refractivity contribution is 6.26. The smallest absolute Gasteiger partial charge is 0.145 e. The molecule has 3 heteroatoms. The van der Waals surface area contributed by atoms with Crippen LogP contribution in [0.2, 0.25) is 0 Å². The zero-order chi connectivity index (χ0) is 28.8. The van der Waals surface area contributed by atoms with Crippen LogP contribution in [0.4, 0.5) is 0 Å². The van der Waals surface area contributed by atoms with Crippen molar-refractivity contribution < 1.29 is 4.42 Å². The fourth-order valence-corrected chi connectivity index (χ4v) is 7.15. The number of rotatable bonds is 3. The first-order valence-corrected chi connectivity index (χ1v) is 15.0. The van der Waals surface area contributed by atoms with Crippen molar-refractivity contribution in [3.63, 3.8) is 0 Å². The Morgan fingerprint density at radius 2 is 1.20 bits per heavy atom. The molecule has 7 aromatic carbocycles. The molecule has 0 radical (unpaired) electrons. The summed E-state index contributed by atoms with van der Waals surface area (Å²) in [5.41, 5.74) is 13.6. The van der Waals surface area contributed by atoms with Crippen LogP contribution in [0.3, 0.4) is 0 Å². The Balaban J connectivity index is 1.12. The van der Waals surface area contributed by atoms with Crippen molar-refractivity contribution >= 4 is 43.7 Å². The molecule has 0 amide bonds. The third-order valence-corrected chi connectivity index (χ3v) is 9.15. The van der Waals surface area contributed by atoms with E-state index in [0.29, 0.717) is 0 Å². The second-order valence-electron chi connectivity index (χ2n) is 11.6. The van der Waals surface area contributed by atoms with Gasteiger partial charge in [-0.1, -0.05) is 103 Å². The molecule has 9 aromatic rings. The molecule has 204 valence electrons. The Morgan fingerprint density at radius 1 is 0.477 bits per heavy atom. The van der Waals surface area contributed by atoms with Gasteiger partial charge in [0.1, 0.15) is 17.0 Å². The molecule has 3 nitrogen and oxygen atoms in total. The molecule has 0 saturated heterocycles. The van der Waals surface area contributed by atoms with Crippen LogP contribution in [0.1, 0.15) is 0 Å². The number of fused-ring (bicyclic) bond motifs is 8. The first kappa shape index (κ1) is 23.6. The van der Waals surface area contributed by atoms with Crippen molar-refractivity contribution in [3.8, 4) is 50.5 Å². The number of imidazole rings is 1. The molecule has 2 heterocycles.